The summed E-state index contributed by atoms with van der Waals surface area (Å²) in [5.41, 5.74) is 3.31. The standard InChI is InChI=1S/C9H17N5/c1-9(2,3)12-8(13-10)7-5-6-11-14(7)4/h5-6H,10H2,1-4H3,(H,12,13). The summed E-state index contributed by atoms with van der Waals surface area (Å²) in [7, 11) is 1.85. The molecule has 0 aromatic carbocycles. The Kier molecular flexibility index (Phi) is 2.90. The fourth-order valence-electron chi connectivity index (χ4n) is 1.11. The molecule has 0 unspecified atom stereocenters. The topological polar surface area (TPSA) is 68.2 Å². The first-order chi connectivity index (χ1) is 6.44. The molecule has 1 aromatic rings. The van der Waals surface area contributed by atoms with Gasteiger partial charge in [-0.2, -0.15) is 5.10 Å². The first kappa shape index (κ1) is 10.7. The lowest BCUT2D eigenvalue weighted by Crippen LogP contribution is -2.35. The second-order valence-corrected chi connectivity index (χ2v) is 4.12. The summed E-state index contributed by atoms with van der Waals surface area (Å²) in [6, 6.07) is 1.87. The summed E-state index contributed by atoms with van der Waals surface area (Å²) in [5, 5.41) is 4.06. The highest BCUT2D eigenvalue weighted by atomic mass is 15.3. The molecule has 0 aliphatic carbocycles. The third kappa shape index (κ3) is 2.56. The zero-order valence-corrected chi connectivity index (χ0v) is 9.07. The molecule has 0 aliphatic rings. The first-order valence-electron chi connectivity index (χ1n) is 4.49. The highest BCUT2D eigenvalue weighted by molar-refractivity contribution is 5.97. The van der Waals surface area contributed by atoms with Gasteiger partial charge >= 0.3 is 0 Å². The molecule has 0 aliphatic heterocycles. The molecular weight excluding hydrogens is 178 g/mol. The van der Waals surface area contributed by atoms with Gasteiger partial charge in [0.2, 0.25) is 0 Å². The normalized spacial score (nSPS) is 13.1. The van der Waals surface area contributed by atoms with Crippen LogP contribution in [0.4, 0.5) is 0 Å². The van der Waals surface area contributed by atoms with Gasteiger partial charge in [-0.1, -0.05) is 0 Å². The minimum absolute atomic E-state index is 0.161. The highest BCUT2D eigenvalue weighted by Gasteiger charge is 2.12. The minimum Gasteiger partial charge on any atom is -0.307 e. The summed E-state index contributed by atoms with van der Waals surface area (Å²) in [6.45, 7) is 6.04. The van der Waals surface area contributed by atoms with E-state index in [4.69, 9.17) is 5.84 Å². The molecule has 0 atom stereocenters. The number of hydrazine groups is 1. The Morgan fingerprint density at radius 3 is 2.57 bits per heavy atom. The van der Waals surface area contributed by atoms with Gasteiger partial charge in [0, 0.05) is 13.2 Å². The van der Waals surface area contributed by atoms with Crippen LogP contribution in [0.15, 0.2) is 17.3 Å². The van der Waals surface area contributed by atoms with Crippen molar-refractivity contribution in [3.8, 4) is 0 Å². The van der Waals surface area contributed by atoms with Crippen molar-refractivity contribution < 1.29 is 0 Å². The van der Waals surface area contributed by atoms with Gasteiger partial charge in [-0.3, -0.25) is 9.67 Å². The maximum atomic E-state index is 5.42. The van der Waals surface area contributed by atoms with Crippen LogP contribution in [0.5, 0.6) is 0 Å². The van der Waals surface area contributed by atoms with E-state index >= 15 is 0 Å². The van der Waals surface area contributed by atoms with Gasteiger partial charge in [0.15, 0.2) is 5.84 Å². The molecule has 0 saturated heterocycles. The Bertz CT molecular complexity index is 331. The van der Waals surface area contributed by atoms with E-state index in [1.165, 1.54) is 0 Å². The smallest absolute Gasteiger partial charge is 0.161 e. The number of hydrogen-bond acceptors (Lipinski definition) is 3. The molecule has 0 fully saturated rings. The summed E-state index contributed by atoms with van der Waals surface area (Å²) >= 11 is 0. The average molecular weight is 195 g/mol. The van der Waals surface area contributed by atoms with E-state index in [0.29, 0.717) is 5.84 Å². The lowest BCUT2D eigenvalue weighted by molar-refractivity contribution is 0.578. The van der Waals surface area contributed by atoms with Crippen LogP contribution in [0.3, 0.4) is 0 Å². The van der Waals surface area contributed by atoms with E-state index in [0.717, 1.165) is 5.69 Å². The van der Waals surface area contributed by atoms with Gasteiger partial charge in [-0.15, -0.1) is 0 Å². The van der Waals surface area contributed by atoms with Crippen molar-refractivity contribution in [1.29, 1.82) is 0 Å². The summed E-state index contributed by atoms with van der Waals surface area (Å²) in [4.78, 5) is 4.45. The van der Waals surface area contributed by atoms with Crippen molar-refractivity contribution in [1.82, 2.24) is 15.2 Å². The van der Waals surface area contributed by atoms with Crippen LogP contribution >= 0.6 is 0 Å². The van der Waals surface area contributed by atoms with Crippen LogP contribution in [0.25, 0.3) is 0 Å². The van der Waals surface area contributed by atoms with E-state index < -0.39 is 0 Å². The fraction of sp³-hybridized carbons (Fsp3) is 0.556. The Morgan fingerprint density at radius 2 is 2.21 bits per heavy atom. The maximum absolute atomic E-state index is 5.42. The lowest BCUT2D eigenvalue weighted by atomic mass is 10.1. The number of nitrogens with zero attached hydrogens (tertiary/aromatic N) is 3. The van der Waals surface area contributed by atoms with Crippen molar-refractivity contribution in [2.24, 2.45) is 17.9 Å². The number of nitrogens with two attached hydrogens (primary N) is 1. The van der Waals surface area contributed by atoms with Gasteiger partial charge in [0.1, 0.15) is 5.69 Å². The Morgan fingerprint density at radius 1 is 1.57 bits per heavy atom. The Hall–Kier alpha value is -1.36. The molecule has 1 rings (SSSR count). The van der Waals surface area contributed by atoms with Crippen molar-refractivity contribution in [3.63, 3.8) is 0 Å². The van der Waals surface area contributed by atoms with E-state index in [1.807, 2.05) is 33.9 Å². The predicted octanol–water partition coefficient (Wildman–Crippen LogP) is 0.429. The number of aromatic nitrogens is 2. The predicted molar refractivity (Wildman–Crippen MR) is 56.8 cm³/mol. The van der Waals surface area contributed by atoms with Crippen LogP contribution < -0.4 is 11.3 Å². The molecule has 5 heteroatoms. The summed E-state index contributed by atoms with van der Waals surface area (Å²) < 4.78 is 1.73. The lowest BCUT2D eigenvalue weighted by Gasteiger charge is -2.15. The van der Waals surface area contributed by atoms with E-state index in [-0.39, 0.29) is 5.54 Å². The van der Waals surface area contributed by atoms with Gasteiger partial charge in [-0.05, 0) is 26.8 Å². The van der Waals surface area contributed by atoms with Crippen molar-refractivity contribution in [3.05, 3.63) is 18.0 Å². The molecule has 14 heavy (non-hydrogen) atoms. The number of amidine groups is 1. The summed E-state index contributed by atoms with van der Waals surface area (Å²) in [5.74, 6) is 6.07. The molecule has 3 N–H and O–H groups in total. The van der Waals surface area contributed by atoms with Crippen molar-refractivity contribution in [2.45, 2.75) is 26.3 Å². The first-order valence-corrected chi connectivity index (χ1v) is 4.49. The van der Waals surface area contributed by atoms with Crippen LogP contribution in [-0.2, 0) is 7.05 Å². The third-order valence-corrected chi connectivity index (χ3v) is 1.65. The number of rotatable bonds is 1. The molecule has 0 radical (unpaired) electrons. The van der Waals surface area contributed by atoms with E-state index in [1.54, 1.807) is 10.9 Å². The zero-order valence-electron chi connectivity index (χ0n) is 9.07. The molecule has 0 amide bonds. The monoisotopic (exact) mass is 195 g/mol. The van der Waals surface area contributed by atoms with Crippen LogP contribution in [0.1, 0.15) is 26.5 Å². The number of hydrogen-bond donors (Lipinski definition) is 2. The molecule has 5 nitrogen and oxygen atoms in total. The third-order valence-electron chi connectivity index (χ3n) is 1.65. The van der Waals surface area contributed by atoms with Crippen molar-refractivity contribution in [2.75, 3.05) is 0 Å². The molecular formula is C9H17N5. The number of aryl methyl sites for hydroxylation is 1. The second-order valence-electron chi connectivity index (χ2n) is 4.12. The molecule has 78 valence electrons. The van der Waals surface area contributed by atoms with Crippen LogP contribution in [-0.4, -0.2) is 21.2 Å². The van der Waals surface area contributed by atoms with Gasteiger partial charge in [0.25, 0.3) is 0 Å². The fourth-order valence-corrected chi connectivity index (χ4v) is 1.11. The van der Waals surface area contributed by atoms with Crippen molar-refractivity contribution >= 4 is 5.84 Å². The Balaban J connectivity index is 3.05. The Labute approximate surface area is 84.0 Å². The minimum atomic E-state index is -0.161. The molecule has 0 bridgehead atoms. The van der Waals surface area contributed by atoms with Gasteiger partial charge in [-0.25, -0.2) is 5.84 Å². The number of nitrogens with one attached hydrogen (secondary N) is 1. The maximum Gasteiger partial charge on any atom is 0.161 e. The zero-order chi connectivity index (χ0) is 10.8. The van der Waals surface area contributed by atoms with E-state index in [2.05, 4.69) is 15.5 Å². The van der Waals surface area contributed by atoms with Crippen LogP contribution in [0.2, 0.25) is 0 Å². The average Bonchev–Trinajstić information content (AvgIpc) is 2.45. The SMILES string of the molecule is Cn1nccc1C(=NC(C)(C)C)NN. The molecule has 0 spiro atoms. The van der Waals surface area contributed by atoms with Gasteiger partial charge in [0.05, 0.1) is 5.54 Å². The second kappa shape index (κ2) is 3.79. The number of aliphatic imine (C=N–C) groups is 1. The summed E-state index contributed by atoms with van der Waals surface area (Å²) in [6.07, 6.45) is 1.71. The van der Waals surface area contributed by atoms with Crippen LogP contribution in [0, 0.1) is 0 Å². The van der Waals surface area contributed by atoms with E-state index in [9.17, 15) is 0 Å². The largest absolute Gasteiger partial charge is 0.307 e. The molecule has 0 saturated carbocycles. The van der Waals surface area contributed by atoms with Gasteiger partial charge < -0.3 is 5.43 Å². The molecule has 1 heterocycles. The highest BCUT2D eigenvalue weighted by Crippen LogP contribution is 2.08. The molecule has 1 aromatic heterocycles. The quantitative estimate of drug-likeness (QED) is 0.295.